The predicted molar refractivity (Wildman–Crippen MR) is 86.9 cm³/mol. The van der Waals surface area contributed by atoms with E-state index in [1.54, 1.807) is 0 Å². The maximum atomic E-state index is 11.4. The van der Waals surface area contributed by atoms with Gasteiger partial charge in [0.2, 0.25) is 0 Å². The van der Waals surface area contributed by atoms with Crippen molar-refractivity contribution in [1.29, 1.82) is 0 Å². The summed E-state index contributed by atoms with van der Waals surface area (Å²) in [5.41, 5.74) is -0.501. The molecule has 0 aromatic rings. The van der Waals surface area contributed by atoms with Gasteiger partial charge in [-0.2, -0.15) is 0 Å². The molecule has 1 N–H and O–H groups in total. The van der Waals surface area contributed by atoms with Crippen LogP contribution in [0.2, 0.25) is 0 Å². The smallest absolute Gasteiger partial charge is 0.0862 e. The Hall–Kier alpha value is -0.520. The van der Waals surface area contributed by atoms with Gasteiger partial charge in [0.1, 0.15) is 0 Å². The van der Waals surface area contributed by atoms with Crippen LogP contribution in [-0.2, 0) is 0 Å². The second-order valence-electron chi connectivity index (χ2n) is 8.45. The average molecular weight is 289 g/mol. The van der Waals surface area contributed by atoms with E-state index >= 15 is 0 Å². The van der Waals surface area contributed by atoms with Crippen molar-refractivity contribution in [2.45, 2.75) is 71.3 Å². The SMILES string of the molecule is CC12CCC(C1)C(C)(C)C2(O)CC#CCN1CCCCC1. The Kier molecular flexibility index (Phi) is 3.87. The largest absolute Gasteiger partial charge is 0.388 e. The third-order valence-corrected chi connectivity index (χ3v) is 7.05. The van der Waals surface area contributed by atoms with Crippen molar-refractivity contribution in [2.24, 2.45) is 16.7 Å². The van der Waals surface area contributed by atoms with E-state index in [1.165, 1.54) is 51.6 Å². The molecule has 2 heteroatoms. The summed E-state index contributed by atoms with van der Waals surface area (Å²) < 4.78 is 0. The van der Waals surface area contributed by atoms with Crippen LogP contribution in [0, 0.1) is 28.6 Å². The summed E-state index contributed by atoms with van der Waals surface area (Å²) in [5.74, 6) is 7.35. The minimum atomic E-state index is -0.599. The molecule has 0 aromatic carbocycles. The van der Waals surface area contributed by atoms with Gasteiger partial charge in [-0.25, -0.2) is 0 Å². The molecule has 0 spiro atoms. The summed E-state index contributed by atoms with van der Waals surface area (Å²) in [4.78, 5) is 2.45. The molecule has 0 radical (unpaired) electrons. The van der Waals surface area contributed by atoms with Crippen molar-refractivity contribution in [1.82, 2.24) is 4.90 Å². The molecular weight excluding hydrogens is 258 g/mol. The Balaban J connectivity index is 1.64. The zero-order chi connectivity index (χ0) is 15.1. The van der Waals surface area contributed by atoms with E-state index in [0.717, 1.165) is 6.54 Å². The minimum Gasteiger partial charge on any atom is -0.388 e. The first-order valence-electron chi connectivity index (χ1n) is 8.80. The molecule has 3 unspecified atom stereocenters. The van der Waals surface area contributed by atoms with Gasteiger partial charge in [0.25, 0.3) is 0 Å². The van der Waals surface area contributed by atoms with Crippen LogP contribution in [0.5, 0.6) is 0 Å². The normalized spacial score (nSPS) is 41.8. The first kappa shape index (κ1) is 15.4. The molecule has 0 aromatic heterocycles. The second-order valence-corrected chi connectivity index (χ2v) is 8.45. The van der Waals surface area contributed by atoms with Gasteiger partial charge in [-0.3, -0.25) is 4.90 Å². The predicted octanol–water partition coefficient (Wildman–Crippen LogP) is 3.44. The van der Waals surface area contributed by atoms with Crippen molar-refractivity contribution in [3.63, 3.8) is 0 Å². The van der Waals surface area contributed by atoms with Gasteiger partial charge in [0.15, 0.2) is 0 Å². The molecule has 2 bridgehead atoms. The number of rotatable bonds is 2. The molecular formula is C19H31NO. The molecule has 21 heavy (non-hydrogen) atoms. The molecule has 3 atom stereocenters. The molecule has 1 saturated heterocycles. The topological polar surface area (TPSA) is 23.5 Å². The fourth-order valence-corrected chi connectivity index (χ4v) is 5.26. The van der Waals surface area contributed by atoms with E-state index in [2.05, 4.69) is 37.5 Å². The van der Waals surface area contributed by atoms with Crippen molar-refractivity contribution in [2.75, 3.05) is 19.6 Å². The Morgan fingerprint density at radius 1 is 1.10 bits per heavy atom. The van der Waals surface area contributed by atoms with Crippen LogP contribution in [0.4, 0.5) is 0 Å². The Labute approximate surface area is 130 Å². The van der Waals surface area contributed by atoms with Crippen LogP contribution >= 0.6 is 0 Å². The highest BCUT2D eigenvalue weighted by Gasteiger charge is 2.67. The molecule has 3 rings (SSSR count). The lowest BCUT2D eigenvalue weighted by Gasteiger charge is -2.50. The van der Waals surface area contributed by atoms with Gasteiger partial charge >= 0.3 is 0 Å². The lowest BCUT2D eigenvalue weighted by Crippen LogP contribution is -2.53. The molecule has 2 saturated carbocycles. The zero-order valence-corrected chi connectivity index (χ0v) is 14.0. The molecule has 1 aliphatic heterocycles. The summed E-state index contributed by atoms with van der Waals surface area (Å²) in [5, 5.41) is 11.4. The van der Waals surface area contributed by atoms with Gasteiger partial charge in [-0.1, -0.05) is 39.0 Å². The highest BCUT2D eigenvalue weighted by Crippen LogP contribution is 2.68. The van der Waals surface area contributed by atoms with E-state index in [4.69, 9.17) is 0 Å². The number of hydrogen-bond acceptors (Lipinski definition) is 2. The third-order valence-electron chi connectivity index (χ3n) is 7.05. The van der Waals surface area contributed by atoms with Gasteiger partial charge in [0, 0.05) is 6.42 Å². The first-order chi connectivity index (χ1) is 9.89. The summed E-state index contributed by atoms with van der Waals surface area (Å²) in [6.45, 7) is 10.1. The molecule has 3 fully saturated rings. The third kappa shape index (κ3) is 2.34. The zero-order valence-electron chi connectivity index (χ0n) is 14.0. The number of likely N-dealkylation sites (tertiary alicyclic amines) is 1. The quantitative estimate of drug-likeness (QED) is 0.787. The van der Waals surface area contributed by atoms with Crippen molar-refractivity contribution >= 4 is 0 Å². The first-order valence-corrected chi connectivity index (χ1v) is 8.80. The van der Waals surface area contributed by atoms with Gasteiger partial charge in [-0.15, -0.1) is 0 Å². The van der Waals surface area contributed by atoms with Crippen LogP contribution < -0.4 is 0 Å². The monoisotopic (exact) mass is 289 g/mol. The molecule has 2 aliphatic carbocycles. The van der Waals surface area contributed by atoms with E-state index < -0.39 is 5.60 Å². The van der Waals surface area contributed by atoms with E-state index in [1.807, 2.05) is 0 Å². The second kappa shape index (κ2) is 5.28. The van der Waals surface area contributed by atoms with E-state index in [9.17, 15) is 5.11 Å². The van der Waals surface area contributed by atoms with Gasteiger partial charge in [-0.05, 0) is 61.9 Å². The number of aliphatic hydroxyl groups is 1. The summed E-state index contributed by atoms with van der Waals surface area (Å²) >= 11 is 0. The lowest BCUT2D eigenvalue weighted by molar-refractivity contribution is -0.138. The summed E-state index contributed by atoms with van der Waals surface area (Å²) in [6.07, 6.45) is 8.30. The summed E-state index contributed by atoms with van der Waals surface area (Å²) in [7, 11) is 0. The number of nitrogens with zero attached hydrogens (tertiary/aromatic N) is 1. The Morgan fingerprint density at radius 2 is 1.81 bits per heavy atom. The number of hydrogen-bond donors (Lipinski definition) is 1. The molecule has 118 valence electrons. The minimum absolute atomic E-state index is 0.0137. The van der Waals surface area contributed by atoms with Crippen LogP contribution in [-0.4, -0.2) is 35.2 Å². The van der Waals surface area contributed by atoms with Gasteiger partial charge < -0.3 is 5.11 Å². The number of fused-ring (bicyclic) bond motifs is 2. The van der Waals surface area contributed by atoms with E-state index in [-0.39, 0.29) is 10.8 Å². The fourth-order valence-electron chi connectivity index (χ4n) is 5.26. The molecule has 2 nitrogen and oxygen atoms in total. The summed E-state index contributed by atoms with van der Waals surface area (Å²) in [6, 6.07) is 0. The average Bonchev–Trinajstić information content (AvgIpc) is 2.93. The Morgan fingerprint density at radius 3 is 2.43 bits per heavy atom. The van der Waals surface area contributed by atoms with Crippen LogP contribution in [0.1, 0.15) is 65.7 Å². The van der Waals surface area contributed by atoms with Crippen molar-refractivity contribution < 1.29 is 5.11 Å². The van der Waals surface area contributed by atoms with Crippen molar-refractivity contribution in [3.8, 4) is 11.8 Å². The number of piperidine rings is 1. The maximum Gasteiger partial charge on any atom is 0.0862 e. The van der Waals surface area contributed by atoms with E-state index in [0.29, 0.717) is 12.3 Å². The van der Waals surface area contributed by atoms with Crippen LogP contribution in [0.15, 0.2) is 0 Å². The molecule has 0 amide bonds. The highest BCUT2D eigenvalue weighted by atomic mass is 16.3. The van der Waals surface area contributed by atoms with Crippen LogP contribution in [0.25, 0.3) is 0 Å². The van der Waals surface area contributed by atoms with Gasteiger partial charge in [0.05, 0.1) is 12.1 Å². The molecule has 3 aliphatic rings. The fraction of sp³-hybridized carbons (Fsp3) is 0.895. The van der Waals surface area contributed by atoms with Crippen LogP contribution in [0.3, 0.4) is 0 Å². The lowest BCUT2D eigenvalue weighted by atomic mass is 9.59. The highest BCUT2D eigenvalue weighted by molar-refractivity contribution is 5.22. The standard InChI is InChI=1S/C19H31NO/c1-17(2)16-9-11-18(3,15-16)19(17,21)10-5-8-14-20-12-6-4-7-13-20/h16,21H,4,6-7,9-15H2,1-3H3. The molecule has 1 heterocycles. The Bertz CT molecular complexity index is 447. The van der Waals surface area contributed by atoms with Crippen molar-refractivity contribution in [3.05, 3.63) is 0 Å². The maximum absolute atomic E-state index is 11.4.